The summed E-state index contributed by atoms with van der Waals surface area (Å²) < 4.78 is 3.94. The molecule has 0 aliphatic carbocycles. The molecule has 4 bridgehead atoms. The first-order chi connectivity index (χ1) is 37.3. The number of aromatic nitrogens is 7. The van der Waals surface area contributed by atoms with E-state index in [1.165, 1.54) is 46.2 Å². The van der Waals surface area contributed by atoms with Crippen LogP contribution in [-0.2, 0) is 19.5 Å². The summed E-state index contributed by atoms with van der Waals surface area (Å²) in [5.41, 5.74) is 17.3. The smallest absolute Gasteiger partial charge is 0.128 e. The van der Waals surface area contributed by atoms with Crippen molar-refractivity contribution in [2.75, 3.05) is 36.0 Å². The molecule has 378 valence electrons. The molecule has 10 aromatic rings. The summed E-state index contributed by atoms with van der Waals surface area (Å²) >= 11 is 0. The van der Waals surface area contributed by atoms with Crippen molar-refractivity contribution < 1.29 is 0 Å². The van der Waals surface area contributed by atoms with E-state index in [1.54, 1.807) is 0 Å². The predicted octanol–water partition coefficient (Wildman–Crippen LogP) is 12.2. The van der Waals surface area contributed by atoms with Crippen molar-refractivity contribution in [2.45, 2.75) is 89.1 Å². The number of hydrogen-bond acceptors (Lipinski definition) is 9. The molecule has 11 nitrogen and oxygen atoms in total. The van der Waals surface area contributed by atoms with Crippen molar-refractivity contribution in [1.29, 1.82) is 0 Å². The second-order valence-electron chi connectivity index (χ2n) is 22.3. The highest BCUT2D eigenvalue weighted by Gasteiger charge is 2.46. The fourth-order valence-electron chi connectivity index (χ4n) is 12.8. The molecule has 0 radical (unpaired) electrons. The maximum absolute atomic E-state index is 5.25. The zero-order valence-electron chi connectivity index (χ0n) is 43.6. The Hall–Kier alpha value is -7.99. The lowest BCUT2D eigenvalue weighted by atomic mass is 9.86. The standard InChI is InChI=1S/C65H63N11/c1-43(2)48-12-16-50(17-13-48)54-30-59(61-24-26-68-75(61)37-54)52-20-22-63(66-33-52)71-40-57-32-58(41-71)74(57)36-47-11-7-10-46(29-47)28-44(3)49-14-18-51(19-15-49)60-42-76-62(25-27-69-76)65(70-60)53-21-23-64(67-34-53)72-38-55-31-56(39-72)73(55)35-45-8-5-4-6-9-45/h4-27,29-30,33-34,37,42-44,55-58H,28,31-32,35-36,38-41H2,1-3H3/t44-,55?,56?,57?,58?/m0/s1. The van der Waals surface area contributed by atoms with Crippen LogP contribution in [0.4, 0.5) is 11.6 Å². The van der Waals surface area contributed by atoms with Gasteiger partial charge in [0.15, 0.2) is 0 Å². The van der Waals surface area contributed by atoms with Crippen LogP contribution in [0, 0.1) is 0 Å². The molecule has 6 aromatic heterocycles. The largest absolute Gasteiger partial charge is 0.353 e. The number of nitrogens with zero attached hydrogens (tertiary/aromatic N) is 11. The number of hydrogen-bond donors (Lipinski definition) is 0. The van der Waals surface area contributed by atoms with Crippen LogP contribution in [0.5, 0.6) is 0 Å². The van der Waals surface area contributed by atoms with Crippen LogP contribution in [0.2, 0.25) is 0 Å². The first-order valence-corrected chi connectivity index (χ1v) is 27.4. The number of anilines is 2. The maximum Gasteiger partial charge on any atom is 0.128 e. The molecule has 6 saturated heterocycles. The molecule has 0 N–H and O–H groups in total. The predicted molar refractivity (Wildman–Crippen MR) is 305 cm³/mol. The summed E-state index contributed by atoms with van der Waals surface area (Å²) in [6, 6.07) is 55.4. The Morgan fingerprint density at radius 2 is 1.05 bits per heavy atom. The van der Waals surface area contributed by atoms with Gasteiger partial charge in [0.2, 0.25) is 0 Å². The van der Waals surface area contributed by atoms with E-state index >= 15 is 0 Å². The Morgan fingerprint density at radius 1 is 0.487 bits per heavy atom. The summed E-state index contributed by atoms with van der Waals surface area (Å²) in [5, 5.41) is 9.28. The quantitative estimate of drug-likeness (QED) is 0.106. The Morgan fingerprint density at radius 3 is 1.70 bits per heavy atom. The Balaban J connectivity index is 0.600. The molecule has 6 aliphatic rings. The van der Waals surface area contributed by atoms with Crippen LogP contribution in [0.15, 0.2) is 183 Å². The van der Waals surface area contributed by atoms with Crippen molar-refractivity contribution >= 4 is 22.7 Å². The van der Waals surface area contributed by atoms with E-state index in [2.05, 4.69) is 196 Å². The molecule has 4 aromatic carbocycles. The summed E-state index contributed by atoms with van der Waals surface area (Å²) in [6.45, 7) is 12.8. The van der Waals surface area contributed by atoms with E-state index < -0.39 is 0 Å². The molecule has 6 aliphatic heterocycles. The third-order valence-corrected chi connectivity index (χ3v) is 17.1. The van der Waals surface area contributed by atoms with Crippen LogP contribution >= 0.6 is 0 Å². The van der Waals surface area contributed by atoms with Gasteiger partial charge in [0, 0.05) is 116 Å². The lowest BCUT2D eigenvalue weighted by Gasteiger charge is -2.56. The molecule has 0 spiro atoms. The SMILES string of the molecule is CC(C)c1ccc(-c2cc(-c3ccc(N4CC5CC(C4)N5Cc4cccc(C[C@H](C)c5ccc(-c6cn7nccc7c(-c7ccc(N8CC9CC(C8)N9Cc8ccccc8)nc7)n6)cc5)c4)nc3)c3ccnn3c2)cc1. The van der Waals surface area contributed by atoms with E-state index in [-0.39, 0.29) is 0 Å². The zero-order valence-corrected chi connectivity index (χ0v) is 43.6. The van der Waals surface area contributed by atoms with Gasteiger partial charge in [-0.15, -0.1) is 0 Å². The van der Waals surface area contributed by atoms with E-state index in [0.717, 1.165) is 108 Å². The first kappa shape index (κ1) is 46.5. The van der Waals surface area contributed by atoms with Crippen LogP contribution in [0.25, 0.3) is 55.8 Å². The number of benzene rings is 4. The van der Waals surface area contributed by atoms with Gasteiger partial charge in [0.05, 0.1) is 34.8 Å². The van der Waals surface area contributed by atoms with Gasteiger partial charge in [-0.3, -0.25) is 9.80 Å². The van der Waals surface area contributed by atoms with Crippen molar-refractivity contribution in [3.8, 4) is 44.8 Å². The Labute approximate surface area is 445 Å². The highest BCUT2D eigenvalue weighted by molar-refractivity contribution is 5.84. The Kier molecular flexibility index (Phi) is 11.8. The van der Waals surface area contributed by atoms with Gasteiger partial charge in [0.1, 0.15) is 11.6 Å². The third kappa shape index (κ3) is 8.80. The number of piperidine rings is 2. The van der Waals surface area contributed by atoms with Crippen LogP contribution < -0.4 is 9.80 Å². The second-order valence-corrected chi connectivity index (χ2v) is 22.3. The summed E-state index contributed by atoms with van der Waals surface area (Å²) in [5.74, 6) is 2.95. The first-order valence-electron chi connectivity index (χ1n) is 27.4. The van der Waals surface area contributed by atoms with Crippen molar-refractivity contribution in [3.05, 3.63) is 211 Å². The van der Waals surface area contributed by atoms with Crippen LogP contribution in [0.1, 0.15) is 73.3 Å². The van der Waals surface area contributed by atoms with Crippen molar-refractivity contribution in [1.82, 2.24) is 44.0 Å². The monoisotopic (exact) mass is 998 g/mol. The highest BCUT2D eigenvalue weighted by Crippen LogP contribution is 2.39. The van der Waals surface area contributed by atoms with E-state index in [1.807, 2.05) is 46.1 Å². The average Bonchev–Trinajstić information content (AvgIpc) is 4.21. The molecule has 0 amide bonds. The lowest BCUT2D eigenvalue weighted by Crippen LogP contribution is -2.68. The van der Waals surface area contributed by atoms with Gasteiger partial charge in [-0.05, 0) is 107 Å². The minimum atomic E-state index is 0.358. The van der Waals surface area contributed by atoms with E-state index in [9.17, 15) is 0 Å². The fraction of sp³-hybridized carbons (Fsp3) is 0.277. The molecule has 76 heavy (non-hydrogen) atoms. The van der Waals surface area contributed by atoms with Gasteiger partial charge in [-0.2, -0.15) is 10.2 Å². The molecule has 16 rings (SSSR count). The normalized spacial score (nSPS) is 19.8. The number of piperazine rings is 2. The summed E-state index contributed by atoms with van der Waals surface area (Å²) in [7, 11) is 0. The number of pyridine rings is 3. The molecule has 12 heterocycles. The van der Waals surface area contributed by atoms with Gasteiger partial charge >= 0.3 is 0 Å². The number of fused-ring (bicyclic) bond motifs is 6. The topological polar surface area (TPSA) is 86.2 Å². The van der Waals surface area contributed by atoms with Gasteiger partial charge < -0.3 is 9.80 Å². The van der Waals surface area contributed by atoms with Gasteiger partial charge in [0.25, 0.3) is 0 Å². The molecule has 6 fully saturated rings. The van der Waals surface area contributed by atoms with E-state index in [0.29, 0.717) is 36.0 Å². The molecular weight excluding hydrogens is 935 g/mol. The minimum absolute atomic E-state index is 0.358. The van der Waals surface area contributed by atoms with Gasteiger partial charge in [-0.1, -0.05) is 124 Å². The molecular formula is C65H63N11. The van der Waals surface area contributed by atoms with E-state index in [4.69, 9.17) is 15.0 Å². The highest BCUT2D eigenvalue weighted by atomic mass is 15.4. The van der Waals surface area contributed by atoms with Crippen LogP contribution in [-0.4, -0.2) is 94.3 Å². The third-order valence-electron chi connectivity index (χ3n) is 17.1. The maximum atomic E-state index is 5.25. The lowest BCUT2D eigenvalue weighted by molar-refractivity contribution is -0.00871. The van der Waals surface area contributed by atoms with Crippen LogP contribution in [0.3, 0.4) is 0 Å². The second kappa shape index (κ2) is 19.3. The fourth-order valence-corrected chi connectivity index (χ4v) is 12.8. The number of rotatable bonds is 14. The molecule has 4 unspecified atom stereocenters. The van der Waals surface area contributed by atoms with Crippen molar-refractivity contribution in [2.24, 2.45) is 0 Å². The minimum Gasteiger partial charge on any atom is -0.353 e. The van der Waals surface area contributed by atoms with Gasteiger partial charge in [-0.25, -0.2) is 24.0 Å². The molecule has 0 saturated carbocycles. The summed E-state index contributed by atoms with van der Waals surface area (Å²) in [4.78, 5) is 25.7. The molecule has 11 heteroatoms. The Bertz CT molecular complexity index is 3660. The van der Waals surface area contributed by atoms with Crippen molar-refractivity contribution in [3.63, 3.8) is 0 Å². The average molecular weight is 998 g/mol. The summed E-state index contributed by atoms with van der Waals surface area (Å²) in [6.07, 6.45) is 15.4. The zero-order chi connectivity index (χ0) is 50.9. The molecule has 5 atom stereocenters.